The van der Waals surface area contributed by atoms with Gasteiger partial charge in [-0.1, -0.05) is 26.0 Å². The molecular formula is C15H21N3O. The number of amides is 1. The smallest absolute Gasteiger partial charge is 0.219 e. The molecule has 1 heterocycles. The van der Waals surface area contributed by atoms with Crippen LogP contribution in [0.1, 0.15) is 25.8 Å². The number of hydrogen-bond acceptors (Lipinski definition) is 2. The van der Waals surface area contributed by atoms with E-state index in [1.807, 2.05) is 6.20 Å². The number of carbonyl (C=O) groups is 1. The SMILES string of the molecule is CC(C)NCc1ccc2ccn(CCC(N)=O)c2c1. The molecule has 0 bridgehead atoms. The minimum absolute atomic E-state index is 0.264. The summed E-state index contributed by atoms with van der Waals surface area (Å²) < 4.78 is 2.08. The van der Waals surface area contributed by atoms with Crippen LogP contribution in [0.3, 0.4) is 0 Å². The van der Waals surface area contributed by atoms with Crippen molar-refractivity contribution in [3.8, 4) is 0 Å². The minimum atomic E-state index is -0.264. The first kappa shape index (κ1) is 13.6. The second kappa shape index (κ2) is 5.89. The van der Waals surface area contributed by atoms with E-state index in [4.69, 9.17) is 5.73 Å². The molecule has 2 aromatic rings. The first-order chi connectivity index (χ1) is 9.06. The van der Waals surface area contributed by atoms with Gasteiger partial charge in [-0.2, -0.15) is 0 Å². The van der Waals surface area contributed by atoms with Crippen molar-refractivity contribution in [2.45, 2.75) is 39.4 Å². The van der Waals surface area contributed by atoms with E-state index in [1.165, 1.54) is 10.9 Å². The number of carbonyl (C=O) groups excluding carboxylic acids is 1. The number of aromatic nitrogens is 1. The maximum absolute atomic E-state index is 10.9. The molecule has 0 aliphatic rings. The predicted octanol–water partition coefficient (Wildman–Crippen LogP) is 2.01. The zero-order valence-corrected chi connectivity index (χ0v) is 11.5. The van der Waals surface area contributed by atoms with Crippen LogP contribution >= 0.6 is 0 Å². The fraction of sp³-hybridized carbons (Fsp3) is 0.400. The van der Waals surface area contributed by atoms with Crippen LogP contribution in [0.25, 0.3) is 10.9 Å². The third-order valence-electron chi connectivity index (χ3n) is 3.15. The van der Waals surface area contributed by atoms with Gasteiger partial charge in [0, 0.05) is 37.3 Å². The topological polar surface area (TPSA) is 60.1 Å². The van der Waals surface area contributed by atoms with Gasteiger partial charge in [0.1, 0.15) is 0 Å². The van der Waals surface area contributed by atoms with Crippen LogP contribution in [0.2, 0.25) is 0 Å². The molecule has 1 aromatic carbocycles. The Morgan fingerprint density at radius 1 is 1.37 bits per heavy atom. The average Bonchev–Trinajstić information content (AvgIpc) is 2.76. The van der Waals surface area contributed by atoms with Gasteiger partial charge in [-0.15, -0.1) is 0 Å². The zero-order chi connectivity index (χ0) is 13.8. The number of primary amides is 1. The van der Waals surface area contributed by atoms with Crippen LogP contribution in [0.5, 0.6) is 0 Å². The summed E-state index contributed by atoms with van der Waals surface area (Å²) in [6, 6.07) is 8.96. The van der Waals surface area contributed by atoms with E-state index in [-0.39, 0.29) is 5.91 Å². The van der Waals surface area contributed by atoms with Gasteiger partial charge in [0.15, 0.2) is 0 Å². The summed E-state index contributed by atoms with van der Waals surface area (Å²) >= 11 is 0. The van der Waals surface area contributed by atoms with Gasteiger partial charge in [-0.05, 0) is 23.1 Å². The second-order valence-corrected chi connectivity index (χ2v) is 5.15. The van der Waals surface area contributed by atoms with E-state index >= 15 is 0 Å². The van der Waals surface area contributed by atoms with Crippen molar-refractivity contribution >= 4 is 16.8 Å². The molecule has 19 heavy (non-hydrogen) atoms. The molecule has 0 aliphatic carbocycles. The Kier molecular flexibility index (Phi) is 4.22. The van der Waals surface area contributed by atoms with Crippen molar-refractivity contribution < 1.29 is 4.79 Å². The van der Waals surface area contributed by atoms with E-state index in [1.54, 1.807) is 0 Å². The van der Waals surface area contributed by atoms with Crippen LogP contribution in [0.15, 0.2) is 30.5 Å². The van der Waals surface area contributed by atoms with Gasteiger partial charge in [0.25, 0.3) is 0 Å². The summed E-state index contributed by atoms with van der Waals surface area (Å²) in [4.78, 5) is 10.9. The second-order valence-electron chi connectivity index (χ2n) is 5.15. The largest absolute Gasteiger partial charge is 0.370 e. The van der Waals surface area contributed by atoms with Gasteiger partial charge in [-0.3, -0.25) is 4.79 Å². The molecule has 0 unspecified atom stereocenters. The molecule has 0 saturated carbocycles. The number of fused-ring (bicyclic) bond motifs is 1. The van der Waals surface area contributed by atoms with Crippen molar-refractivity contribution in [2.75, 3.05) is 0 Å². The van der Waals surface area contributed by atoms with Crippen molar-refractivity contribution in [1.82, 2.24) is 9.88 Å². The number of nitrogens with two attached hydrogens (primary N) is 1. The number of nitrogens with one attached hydrogen (secondary N) is 1. The van der Waals surface area contributed by atoms with Crippen molar-refractivity contribution in [2.24, 2.45) is 5.73 Å². The first-order valence-electron chi connectivity index (χ1n) is 6.65. The monoisotopic (exact) mass is 259 g/mol. The third kappa shape index (κ3) is 3.58. The lowest BCUT2D eigenvalue weighted by atomic mass is 10.1. The van der Waals surface area contributed by atoms with Crippen molar-refractivity contribution in [1.29, 1.82) is 0 Å². The number of aryl methyl sites for hydroxylation is 1. The highest BCUT2D eigenvalue weighted by Gasteiger charge is 2.04. The lowest BCUT2D eigenvalue weighted by Gasteiger charge is -2.09. The van der Waals surface area contributed by atoms with Crippen LogP contribution in [0, 0.1) is 0 Å². The van der Waals surface area contributed by atoms with E-state index in [2.05, 4.69) is 48.0 Å². The minimum Gasteiger partial charge on any atom is -0.370 e. The molecule has 0 saturated heterocycles. The number of rotatable bonds is 6. The summed E-state index contributed by atoms with van der Waals surface area (Å²) in [6.07, 6.45) is 2.38. The summed E-state index contributed by atoms with van der Waals surface area (Å²) in [5.74, 6) is -0.264. The fourth-order valence-electron chi connectivity index (χ4n) is 2.09. The van der Waals surface area contributed by atoms with Gasteiger partial charge < -0.3 is 15.6 Å². The summed E-state index contributed by atoms with van der Waals surface area (Å²) in [7, 11) is 0. The summed E-state index contributed by atoms with van der Waals surface area (Å²) in [5.41, 5.74) is 7.61. The molecule has 4 heteroatoms. The number of nitrogens with zero attached hydrogens (tertiary/aromatic N) is 1. The Balaban J connectivity index is 2.19. The van der Waals surface area contributed by atoms with E-state index in [0.29, 0.717) is 19.0 Å². The summed E-state index contributed by atoms with van der Waals surface area (Å²) in [5, 5.41) is 4.60. The Morgan fingerprint density at radius 3 is 2.84 bits per heavy atom. The van der Waals surface area contributed by atoms with Crippen LogP contribution in [-0.4, -0.2) is 16.5 Å². The maximum atomic E-state index is 10.9. The van der Waals surface area contributed by atoms with E-state index in [9.17, 15) is 4.79 Å². The van der Waals surface area contributed by atoms with Crippen LogP contribution in [0.4, 0.5) is 0 Å². The Labute approximate surface area is 113 Å². The zero-order valence-electron chi connectivity index (χ0n) is 11.5. The molecule has 2 rings (SSSR count). The summed E-state index contributed by atoms with van der Waals surface area (Å²) in [6.45, 7) is 5.76. The predicted molar refractivity (Wildman–Crippen MR) is 77.7 cm³/mol. The lowest BCUT2D eigenvalue weighted by molar-refractivity contribution is -0.118. The molecule has 0 radical (unpaired) electrons. The standard InChI is InChI=1S/C15H21N3O/c1-11(2)17-10-12-3-4-13-5-7-18(14(13)9-12)8-6-15(16)19/h3-5,7,9,11,17H,6,8,10H2,1-2H3,(H2,16,19). The van der Waals surface area contributed by atoms with Crippen molar-refractivity contribution in [3.05, 3.63) is 36.0 Å². The maximum Gasteiger partial charge on any atom is 0.219 e. The van der Waals surface area contributed by atoms with Crippen molar-refractivity contribution in [3.63, 3.8) is 0 Å². The van der Waals surface area contributed by atoms with Gasteiger partial charge in [0.2, 0.25) is 5.91 Å². The molecular weight excluding hydrogens is 238 g/mol. The van der Waals surface area contributed by atoms with E-state index in [0.717, 1.165) is 12.1 Å². The molecule has 0 spiro atoms. The molecule has 0 atom stereocenters. The molecule has 0 fully saturated rings. The lowest BCUT2D eigenvalue weighted by Crippen LogP contribution is -2.21. The Bertz CT molecular complexity index is 572. The fourth-order valence-corrected chi connectivity index (χ4v) is 2.09. The first-order valence-corrected chi connectivity index (χ1v) is 6.65. The Hall–Kier alpha value is -1.81. The highest BCUT2D eigenvalue weighted by atomic mass is 16.1. The normalized spacial score (nSPS) is 11.3. The third-order valence-corrected chi connectivity index (χ3v) is 3.15. The van der Waals surface area contributed by atoms with Gasteiger partial charge in [0.05, 0.1) is 0 Å². The molecule has 3 N–H and O–H groups in total. The van der Waals surface area contributed by atoms with Crippen LogP contribution < -0.4 is 11.1 Å². The molecule has 1 aromatic heterocycles. The quantitative estimate of drug-likeness (QED) is 0.833. The van der Waals surface area contributed by atoms with E-state index < -0.39 is 0 Å². The molecule has 0 aliphatic heterocycles. The number of benzene rings is 1. The molecule has 4 nitrogen and oxygen atoms in total. The highest BCUT2D eigenvalue weighted by Crippen LogP contribution is 2.18. The van der Waals surface area contributed by atoms with Crippen LogP contribution in [-0.2, 0) is 17.9 Å². The van der Waals surface area contributed by atoms with Gasteiger partial charge in [-0.25, -0.2) is 0 Å². The Morgan fingerprint density at radius 2 is 2.16 bits per heavy atom. The molecule has 1 amide bonds. The van der Waals surface area contributed by atoms with Gasteiger partial charge >= 0.3 is 0 Å². The number of hydrogen-bond donors (Lipinski definition) is 2. The average molecular weight is 259 g/mol. The highest BCUT2D eigenvalue weighted by molar-refractivity contribution is 5.81. The molecule has 102 valence electrons.